The number of carbonyl (C=O) groups excluding carboxylic acids is 1. The van der Waals surface area contributed by atoms with Crippen molar-refractivity contribution >= 4 is 17.7 Å². The zero-order valence-electron chi connectivity index (χ0n) is 10.5. The van der Waals surface area contributed by atoms with E-state index in [0.717, 1.165) is 29.2 Å². The van der Waals surface area contributed by atoms with E-state index in [1.165, 1.54) is 5.57 Å². The molecule has 0 radical (unpaired) electrons. The molecule has 1 rings (SSSR count). The van der Waals surface area contributed by atoms with Crippen LogP contribution in [0.4, 0.5) is 0 Å². The van der Waals surface area contributed by atoms with Gasteiger partial charge in [0, 0.05) is 17.0 Å². The van der Waals surface area contributed by atoms with Gasteiger partial charge in [-0.05, 0) is 38.2 Å². The molecule has 0 aromatic rings. The lowest BCUT2D eigenvalue weighted by Gasteiger charge is -2.17. The van der Waals surface area contributed by atoms with Crippen LogP contribution in [0.25, 0.3) is 0 Å². The highest BCUT2D eigenvalue weighted by molar-refractivity contribution is 7.99. The van der Waals surface area contributed by atoms with Crippen molar-refractivity contribution < 1.29 is 4.79 Å². The maximum Gasteiger partial charge on any atom is 0.252 e. The maximum absolute atomic E-state index is 12.0. The molecular weight excluding hydrogens is 230 g/mol. The van der Waals surface area contributed by atoms with Crippen molar-refractivity contribution in [3.8, 4) is 0 Å². The van der Waals surface area contributed by atoms with Gasteiger partial charge < -0.3 is 5.32 Å². The van der Waals surface area contributed by atoms with Crippen LogP contribution in [0, 0.1) is 0 Å². The van der Waals surface area contributed by atoms with Crippen LogP contribution in [-0.4, -0.2) is 17.4 Å². The molecule has 0 atom stereocenters. The molecule has 2 nitrogen and oxygen atoms in total. The van der Waals surface area contributed by atoms with Gasteiger partial charge in [-0.2, -0.15) is 11.8 Å². The van der Waals surface area contributed by atoms with Gasteiger partial charge in [-0.3, -0.25) is 4.79 Å². The fraction of sp³-hybridized carbons (Fsp3) is 0.357. The largest absolute Gasteiger partial charge is 0.322 e. The van der Waals surface area contributed by atoms with Crippen LogP contribution in [-0.2, 0) is 4.79 Å². The highest BCUT2D eigenvalue weighted by atomic mass is 32.2. The number of hydrogen-bond donors (Lipinski definition) is 1. The Balaban J connectivity index is 2.74. The lowest BCUT2D eigenvalue weighted by Crippen LogP contribution is -2.26. The van der Waals surface area contributed by atoms with E-state index in [4.69, 9.17) is 0 Å². The molecule has 0 aromatic carbocycles. The van der Waals surface area contributed by atoms with E-state index in [2.05, 4.69) is 11.9 Å². The summed E-state index contributed by atoms with van der Waals surface area (Å²) in [6.45, 7) is 7.67. The summed E-state index contributed by atoms with van der Waals surface area (Å²) >= 11 is 1.81. The monoisotopic (exact) mass is 249 g/mol. The Morgan fingerprint density at radius 1 is 1.53 bits per heavy atom. The minimum atomic E-state index is 0.00496. The first-order valence-electron chi connectivity index (χ1n) is 5.72. The molecule has 3 heteroatoms. The summed E-state index contributed by atoms with van der Waals surface area (Å²) in [6.07, 6.45) is 8.31. The Morgan fingerprint density at radius 3 is 2.88 bits per heavy atom. The summed E-state index contributed by atoms with van der Waals surface area (Å²) in [5, 5.41) is 2.88. The van der Waals surface area contributed by atoms with E-state index in [-0.39, 0.29) is 5.91 Å². The minimum Gasteiger partial charge on any atom is -0.322 e. The molecule has 0 aromatic heterocycles. The molecule has 1 aliphatic heterocycles. The van der Waals surface area contributed by atoms with Crippen molar-refractivity contribution in [1.29, 1.82) is 0 Å². The molecule has 0 saturated heterocycles. The zero-order valence-corrected chi connectivity index (χ0v) is 11.3. The summed E-state index contributed by atoms with van der Waals surface area (Å²) < 4.78 is 0. The molecule has 1 heterocycles. The summed E-state index contributed by atoms with van der Waals surface area (Å²) in [5.74, 6) is 1.93. The predicted molar refractivity (Wildman–Crippen MR) is 75.9 cm³/mol. The fourth-order valence-electron chi connectivity index (χ4n) is 1.50. The van der Waals surface area contributed by atoms with Crippen LogP contribution < -0.4 is 5.32 Å². The third-order valence-corrected chi connectivity index (χ3v) is 3.59. The van der Waals surface area contributed by atoms with Crippen LogP contribution in [0.3, 0.4) is 0 Å². The van der Waals surface area contributed by atoms with Crippen LogP contribution in [0.15, 0.2) is 47.7 Å². The number of rotatable bonds is 4. The van der Waals surface area contributed by atoms with Gasteiger partial charge in [0.1, 0.15) is 0 Å². The average Bonchev–Trinajstić information content (AvgIpc) is 2.34. The summed E-state index contributed by atoms with van der Waals surface area (Å²) in [6, 6.07) is 0. The molecule has 0 aliphatic carbocycles. The Bertz CT molecular complexity index is 391. The Kier molecular flexibility index (Phi) is 5.84. The topological polar surface area (TPSA) is 29.1 Å². The van der Waals surface area contributed by atoms with Gasteiger partial charge in [-0.15, -0.1) is 0 Å². The lowest BCUT2D eigenvalue weighted by atomic mass is 10.1. The van der Waals surface area contributed by atoms with Crippen molar-refractivity contribution in [1.82, 2.24) is 5.32 Å². The van der Waals surface area contributed by atoms with Gasteiger partial charge in [-0.1, -0.05) is 24.3 Å². The number of hydrogen-bond acceptors (Lipinski definition) is 2. The van der Waals surface area contributed by atoms with Gasteiger partial charge >= 0.3 is 0 Å². The third kappa shape index (κ3) is 4.27. The van der Waals surface area contributed by atoms with Crippen LogP contribution in [0.2, 0.25) is 0 Å². The summed E-state index contributed by atoms with van der Waals surface area (Å²) in [7, 11) is 0. The van der Waals surface area contributed by atoms with E-state index in [9.17, 15) is 4.79 Å². The summed E-state index contributed by atoms with van der Waals surface area (Å²) in [5.41, 5.74) is 2.86. The molecule has 1 aliphatic rings. The normalized spacial score (nSPS) is 17.4. The van der Waals surface area contributed by atoms with Gasteiger partial charge in [0.15, 0.2) is 0 Å². The van der Waals surface area contributed by atoms with Gasteiger partial charge in [0.05, 0.1) is 0 Å². The Hall–Kier alpha value is -1.22. The quantitative estimate of drug-likeness (QED) is 0.775. The number of allylic oxidation sites excluding steroid dienone is 5. The van der Waals surface area contributed by atoms with E-state index in [0.29, 0.717) is 0 Å². The number of carbonyl (C=O) groups is 1. The predicted octanol–water partition coefficient (Wildman–Crippen LogP) is 3.20. The summed E-state index contributed by atoms with van der Waals surface area (Å²) in [4.78, 5) is 12.0. The van der Waals surface area contributed by atoms with Gasteiger partial charge in [-0.25, -0.2) is 0 Å². The van der Waals surface area contributed by atoms with Crippen molar-refractivity contribution in [3.05, 3.63) is 47.7 Å². The van der Waals surface area contributed by atoms with E-state index in [1.807, 2.05) is 43.8 Å². The van der Waals surface area contributed by atoms with E-state index in [1.54, 1.807) is 6.08 Å². The van der Waals surface area contributed by atoms with Crippen LogP contribution in [0.1, 0.15) is 20.3 Å². The Morgan fingerprint density at radius 2 is 2.29 bits per heavy atom. The smallest absolute Gasteiger partial charge is 0.252 e. The van der Waals surface area contributed by atoms with Crippen molar-refractivity contribution in [2.75, 3.05) is 11.5 Å². The first-order chi connectivity index (χ1) is 8.19. The first kappa shape index (κ1) is 13.8. The molecule has 1 N–H and O–H groups in total. The molecule has 0 saturated carbocycles. The molecule has 92 valence electrons. The number of amides is 1. The van der Waals surface area contributed by atoms with E-state index < -0.39 is 0 Å². The molecular formula is C14H19NOS. The highest BCUT2D eigenvalue weighted by Gasteiger charge is 2.16. The molecule has 0 bridgehead atoms. The molecule has 17 heavy (non-hydrogen) atoms. The fourth-order valence-corrected chi connectivity index (χ4v) is 2.68. The molecule has 0 unspecified atom stereocenters. The van der Waals surface area contributed by atoms with Crippen LogP contribution >= 0.6 is 11.8 Å². The van der Waals surface area contributed by atoms with E-state index >= 15 is 0 Å². The highest BCUT2D eigenvalue weighted by Crippen LogP contribution is 2.23. The van der Waals surface area contributed by atoms with Crippen molar-refractivity contribution in [2.45, 2.75) is 20.3 Å². The Labute approximate surface area is 108 Å². The van der Waals surface area contributed by atoms with Crippen molar-refractivity contribution in [2.24, 2.45) is 0 Å². The molecule has 0 spiro atoms. The van der Waals surface area contributed by atoms with Crippen molar-refractivity contribution in [3.63, 3.8) is 0 Å². The third-order valence-electron chi connectivity index (χ3n) is 2.60. The minimum absolute atomic E-state index is 0.00496. The average molecular weight is 249 g/mol. The van der Waals surface area contributed by atoms with Crippen LogP contribution in [0.5, 0.6) is 0 Å². The SMILES string of the molecule is C=C/C(=C\C=C/C)NC(=O)C1=C(C)CCSC1. The second kappa shape index (κ2) is 7.17. The molecule has 1 amide bonds. The second-order valence-corrected chi connectivity index (χ2v) is 4.97. The van der Waals surface area contributed by atoms with Gasteiger partial charge in [0.25, 0.3) is 5.91 Å². The number of thioether (sulfide) groups is 1. The molecule has 0 fully saturated rings. The zero-order chi connectivity index (χ0) is 12.7. The van der Waals surface area contributed by atoms with Gasteiger partial charge in [0.2, 0.25) is 0 Å². The standard InChI is InChI=1S/C14H19NOS/c1-4-6-7-12(5-2)15-14(16)13-10-17-9-8-11(13)3/h4-7H,2,8-10H2,1,3H3,(H,15,16)/b6-4-,12-7+. The number of nitrogens with one attached hydrogen (secondary N) is 1. The maximum atomic E-state index is 12.0. The second-order valence-electron chi connectivity index (χ2n) is 3.87. The first-order valence-corrected chi connectivity index (χ1v) is 6.87. The lowest BCUT2D eigenvalue weighted by molar-refractivity contribution is -0.116.